The molecule has 0 saturated carbocycles. The summed E-state index contributed by atoms with van der Waals surface area (Å²) in [5.41, 5.74) is 5.31. The zero-order chi connectivity index (χ0) is 19.4. The van der Waals surface area contributed by atoms with Crippen LogP contribution in [0.3, 0.4) is 0 Å². The predicted octanol–water partition coefficient (Wildman–Crippen LogP) is 4.46. The average Bonchev–Trinajstić information content (AvgIpc) is 3.28. The fourth-order valence-corrected chi connectivity index (χ4v) is 3.69. The number of ether oxygens (including phenoxy) is 1. The normalized spacial score (nSPS) is 17.2. The van der Waals surface area contributed by atoms with Crippen LogP contribution >= 0.6 is 0 Å². The van der Waals surface area contributed by atoms with Crippen molar-refractivity contribution in [2.24, 2.45) is 13.0 Å². The van der Waals surface area contributed by atoms with E-state index in [4.69, 9.17) is 4.74 Å². The quantitative estimate of drug-likeness (QED) is 0.645. The lowest BCUT2D eigenvalue weighted by atomic mass is 9.94. The van der Waals surface area contributed by atoms with Gasteiger partial charge in [0, 0.05) is 25.5 Å². The highest BCUT2D eigenvalue weighted by Crippen LogP contribution is 2.24. The molecule has 0 aliphatic carbocycles. The molecule has 148 valence electrons. The van der Waals surface area contributed by atoms with Crippen LogP contribution in [0.25, 0.3) is 0 Å². The Morgan fingerprint density at radius 3 is 2.67 bits per heavy atom. The van der Waals surface area contributed by atoms with E-state index in [0.29, 0.717) is 17.8 Å². The Balaban J connectivity index is 1.56. The Morgan fingerprint density at radius 2 is 2.00 bits per heavy atom. The monoisotopic (exact) mass is 370 g/mol. The molecule has 2 atom stereocenters. The van der Waals surface area contributed by atoms with Gasteiger partial charge in [0.1, 0.15) is 0 Å². The minimum Gasteiger partial charge on any atom is -0.377 e. The maximum absolute atomic E-state index is 5.41. The summed E-state index contributed by atoms with van der Waals surface area (Å²) >= 11 is 0. The molecule has 0 saturated heterocycles. The second kappa shape index (κ2) is 8.87. The SMILES string of the molecule is CC(CCn1cc(C(C)Cc2cc(C(C)C)nn2C)cn1)C1=CCOCC1. The number of rotatable bonds is 8. The fourth-order valence-electron chi connectivity index (χ4n) is 3.69. The number of aryl methyl sites for hydroxylation is 2. The van der Waals surface area contributed by atoms with E-state index in [1.165, 1.54) is 17.0 Å². The van der Waals surface area contributed by atoms with Crippen LogP contribution in [0.15, 0.2) is 30.1 Å². The molecule has 1 aliphatic rings. The molecule has 2 aromatic heterocycles. The molecule has 0 amide bonds. The number of hydrogen-bond acceptors (Lipinski definition) is 3. The second-order valence-electron chi connectivity index (χ2n) is 8.27. The molecule has 0 N–H and O–H groups in total. The van der Waals surface area contributed by atoms with Crippen LogP contribution in [0.5, 0.6) is 0 Å². The van der Waals surface area contributed by atoms with Crippen LogP contribution in [-0.4, -0.2) is 32.8 Å². The second-order valence-corrected chi connectivity index (χ2v) is 8.27. The third kappa shape index (κ3) is 5.10. The summed E-state index contributed by atoms with van der Waals surface area (Å²) in [5, 5.41) is 9.24. The highest BCUT2D eigenvalue weighted by atomic mass is 16.5. The molecule has 0 spiro atoms. The first kappa shape index (κ1) is 19.9. The zero-order valence-electron chi connectivity index (χ0n) is 17.5. The lowest BCUT2D eigenvalue weighted by Crippen LogP contribution is -2.12. The number of aromatic nitrogens is 4. The maximum Gasteiger partial charge on any atom is 0.0652 e. The average molecular weight is 371 g/mol. The Labute approximate surface area is 163 Å². The predicted molar refractivity (Wildman–Crippen MR) is 109 cm³/mol. The molecular formula is C22H34N4O. The van der Waals surface area contributed by atoms with Crippen molar-refractivity contribution >= 4 is 0 Å². The molecule has 5 nitrogen and oxygen atoms in total. The fraction of sp³-hybridized carbons (Fsp3) is 0.636. The Morgan fingerprint density at radius 1 is 1.19 bits per heavy atom. The van der Waals surface area contributed by atoms with Gasteiger partial charge in [-0.25, -0.2) is 0 Å². The van der Waals surface area contributed by atoms with Crippen LogP contribution < -0.4 is 0 Å². The molecule has 0 aromatic carbocycles. The van der Waals surface area contributed by atoms with Crippen molar-refractivity contribution in [1.29, 1.82) is 0 Å². The molecule has 1 aliphatic heterocycles. The maximum atomic E-state index is 5.41. The topological polar surface area (TPSA) is 44.9 Å². The summed E-state index contributed by atoms with van der Waals surface area (Å²) in [5.74, 6) is 1.50. The molecule has 2 unspecified atom stereocenters. The van der Waals surface area contributed by atoms with E-state index in [-0.39, 0.29) is 0 Å². The lowest BCUT2D eigenvalue weighted by Gasteiger charge is -2.19. The number of nitrogens with zero attached hydrogens (tertiary/aromatic N) is 4. The van der Waals surface area contributed by atoms with E-state index < -0.39 is 0 Å². The standard InChI is InChI=1S/C22H34N4O/c1-16(2)22-13-21(25(5)24-22)12-18(4)20-14-23-26(15-20)9-6-17(3)19-7-10-27-11-8-19/h7,13-18H,6,8-12H2,1-5H3. The first-order valence-electron chi connectivity index (χ1n) is 10.3. The van der Waals surface area contributed by atoms with Gasteiger partial charge in [-0.05, 0) is 48.6 Å². The van der Waals surface area contributed by atoms with Crippen molar-refractivity contribution < 1.29 is 4.74 Å². The van der Waals surface area contributed by atoms with Gasteiger partial charge in [-0.3, -0.25) is 9.36 Å². The Kier molecular flexibility index (Phi) is 6.53. The Bertz CT molecular complexity index is 771. The van der Waals surface area contributed by atoms with Crippen LogP contribution in [-0.2, 0) is 24.8 Å². The molecule has 3 rings (SSSR count). The van der Waals surface area contributed by atoms with E-state index in [1.807, 2.05) is 17.9 Å². The van der Waals surface area contributed by atoms with E-state index in [1.54, 1.807) is 5.57 Å². The minimum atomic E-state index is 0.435. The van der Waals surface area contributed by atoms with Crippen molar-refractivity contribution in [3.8, 4) is 0 Å². The smallest absolute Gasteiger partial charge is 0.0652 e. The zero-order valence-corrected chi connectivity index (χ0v) is 17.5. The molecule has 0 radical (unpaired) electrons. The van der Waals surface area contributed by atoms with Crippen LogP contribution in [0.1, 0.15) is 69.3 Å². The van der Waals surface area contributed by atoms with Crippen LogP contribution in [0.4, 0.5) is 0 Å². The molecule has 3 heterocycles. The molecule has 0 bridgehead atoms. The molecule has 2 aromatic rings. The van der Waals surface area contributed by atoms with Crippen molar-refractivity contribution in [1.82, 2.24) is 19.6 Å². The van der Waals surface area contributed by atoms with Crippen molar-refractivity contribution in [2.45, 2.75) is 65.3 Å². The van der Waals surface area contributed by atoms with E-state index in [0.717, 1.165) is 39.0 Å². The molecule has 5 heteroatoms. The van der Waals surface area contributed by atoms with Gasteiger partial charge in [0.2, 0.25) is 0 Å². The van der Waals surface area contributed by atoms with Gasteiger partial charge in [-0.1, -0.05) is 39.3 Å². The van der Waals surface area contributed by atoms with Gasteiger partial charge in [-0.2, -0.15) is 10.2 Å². The van der Waals surface area contributed by atoms with Gasteiger partial charge in [-0.15, -0.1) is 0 Å². The van der Waals surface area contributed by atoms with E-state index in [2.05, 4.69) is 60.9 Å². The van der Waals surface area contributed by atoms with Gasteiger partial charge in [0.05, 0.1) is 25.1 Å². The first-order chi connectivity index (χ1) is 12.9. The Hall–Kier alpha value is -1.88. The van der Waals surface area contributed by atoms with Crippen molar-refractivity contribution in [3.63, 3.8) is 0 Å². The van der Waals surface area contributed by atoms with Crippen LogP contribution in [0, 0.1) is 5.92 Å². The molecule has 27 heavy (non-hydrogen) atoms. The summed E-state index contributed by atoms with van der Waals surface area (Å²) in [6.45, 7) is 11.6. The van der Waals surface area contributed by atoms with Gasteiger partial charge < -0.3 is 4.74 Å². The van der Waals surface area contributed by atoms with Crippen molar-refractivity contribution in [3.05, 3.63) is 47.1 Å². The summed E-state index contributed by atoms with van der Waals surface area (Å²) in [7, 11) is 2.05. The minimum absolute atomic E-state index is 0.435. The van der Waals surface area contributed by atoms with Crippen LogP contribution in [0.2, 0.25) is 0 Å². The number of hydrogen-bond donors (Lipinski definition) is 0. The summed E-state index contributed by atoms with van der Waals surface area (Å²) in [4.78, 5) is 0. The summed E-state index contributed by atoms with van der Waals surface area (Å²) in [6.07, 6.45) is 9.69. The largest absolute Gasteiger partial charge is 0.377 e. The third-order valence-electron chi connectivity index (χ3n) is 5.75. The van der Waals surface area contributed by atoms with Gasteiger partial charge in [0.15, 0.2) is 0 Å². The highest BCUT2D eigenvalue weighted by molar-refractivity contribution is 5.19. The molecular weight excluding hydrogens is 336 g/mol. The molecule has 0 fully saturated rings. The highest BCUT2D eigenvalue weighted by Gasteiger charge is 2.15. The first-order valence-corrected chi connectivity index (χ1v) is 10.3. The van der Waals surface area contributed by atoms with Gasteiger partial charge in [0.25, 0.3) is 0 Å². The van der Waals surface area contributed by atoms with E-state index in [9.17, 15) is 0 Å². The summed E-state index contributed by atoms with van der Waals surface area (Å²) in [6, 6.07) is 2.24. The lowest BCUT2D eigenvalue weighted by molar-refractivity contribution is 0.150. The third-order valence-corrected chi connectivity index (χ3v) is 5.75. The van der Waals surface area contributed by atoms with Gasteiger partial charge >= 0.3 is 0 Å². The van der Waals surface area contributed by atoms with Crippen molar-refractivity contribution in [2.75, 3.05) is 13.2 Å². The van der Waals surface area contributed by atoms with E-state index >= 15 is 0 Å². The summed E-state index contributed by atoms with van der Waals surface area (Å²) < 4.78 is 9.54.